The summed E-state index contributed by atoms with van der Waals surface area (Å²) in [7, 11) is 0. The molecule has 0 heterocycles. The molecule has 1 amide bonds. The molecule has 0 spiro atoms. The topological polar surface area (TPSA) is 29.5 Å². The molecule has 0 aliphatic heterocycles. The predicted molar refractivity (Wildman–Crippen MR) is 85.5 cm³/mol. The van der Waals surface area contributed by atoms with Crippen LogP contribution in [0.25, 0.3) is 0 Å². The molecule has 0 aliphatic rings. The van der Waals surface area contributed by atoms with Gasteiger partial charge in [-0.25, -0.2) is 0 Å². The van der Waals surface area contributed by atoms with Crippen molar-refractivity contribution in [1.29, 1.82) is 0 Å². The molecule has 0 bridgehead atoms. The maximum Gasteiger partial charge on any atom is 0.268 e. The van der Waals surface area contributed by atoms with E-state index in [0.29, 0.717) is 12.3 Å². The molecule has 1 unspecified atom stereocenters. The van der Waals surface area contributed by atoms with Crippen LogP contribution < -0.4 is 9.64 Å². The van der Waals surface area contributed by atoms with E-state index in [9.17, 15) is 4.79 Å². The largest absolute Gasteiger partial charge is 0.481 e. The van der Waals surface area contributed by atoms with E-state index in [1.54, 1.807) is 17.9 Å². The molecular formula is C18H19NO2. The normalized spacial score (nSPS) is 11.5. The molecule has 2 aromatic carbocycles. The van der Waals surface area contributed by atoms with Crippen LogP contribution in [-0.4, -0.2) is 18.6 Å². The summed E-state index contributed by atoms with van der Waals surface area (Å²) in [5.74, 6) is 0.593. The van der Waals surface area contributed by atoms with Gasteiger partial charge in [-0.15, -0.1) is 6.58 Å². The lowest BCUT2D eigenvalue weighted by Crippen LogP contribution is -2.40. The molecule has 21 heavy (non-hydrogen) atoms. The van der Waals surface area contributed by atoms with Crippen LogP contribution in [0.15, 0.2) is 73.3 Å². The van der Waals surface area contributed by atoms with Crippen molar-refractivity contribution in [3.63, 3.8) is 0 Å². The highest BCUT2D eigenvalue weighted by Gasteiger charge is 2.22. The van der Waals surface area contributed by atoms with E-state index in [1.165, 1.54) is 0 Å². The van der Waals surface area contributed by atoms with Gasteiger partial charge >= 0.3 is 0 Å². The molecule has 1 atom stereocenters. The van der Waals surface area contributed by atoms with Crippen molar-refractivity contribution in [2.45, 2.75) is 13.0 Å². The number of rotatable bonds is 6. The zero-order chi connectivity index (χ0) is 15.1. The van der Waals surface area contributed by atoms with Crippen LogP contribution in [0.1, 0.15) is 6.92 Å². The summed E-state index contributed by atoms with van der Waals surface area (Å²) in [5, 5.41) is 0. The first-order chi connectivity index (χ1) is 10.2. The third-order valence-corrected chi connectivity index (χ3v) is 3.05. The average molecular weight is 281 g/mol. The first-order valence-corrected chi connectivity index (χ1v) is 6.91. The SMILES string of the molecule is C=CCN(C(=O)C(C)Oc1ccccc1)c1ccccc1. The number of anilines is 1. The van der Waals surface area contributed by atoms with Gasteiger partial charge in [0.1, 0.15) is 5.75 Å². The van der Waals surface area contributed by atoms with Gasteiger partial charge in [-0.05, 0) is 31.2 Å². The highest BCUT2D eigenvalue weighted by Crippen LogP contribution is 2.17. The Morgan fingerprint density at radius 1 is 1.14 bits per heavy atom. The molecule has 0 radical (unpaired) electrons. The summed E-state index contributed by atoms with van der Waals surface area (Å²) < 4.78 is 5.70. The summed E-state index contributed by atoms with van der Waals surface area (Å²) in [6, 6.07) is 18.9. The maximum atomic E-state index is 12.6. The number of benzene rings is 2. The molecule has 0 aromatic heterocycles. The molecule has 3 heteroatoms. The zero-order valence-electron chi connectivity index (χ0n) is 12.1. The monoisotopic (exact) mass is 281 g/mol. The Hall–Kier alpha value is -2.55. The summed E-state index contributed by atoms with van der Waals surface area (Å²) >= 11 is 0. The van der Waals surface area contributed by atoms with Crippen LogP contribution in [0, 0.1) is 0 Å². The Morgan fingerprint density at radius 3 is 2.29 bits per heavy atom. The standard InChI is InChI=1S/C18H19NO2/c1-3-14-19(16-10-6-4-7-11-16)18(20)15(2)21-17-12-8-5-9-13-17/h3-13,15H,1,14H2,2H3. The quantitative estimate of drug-likeness (QED) is 0.756. The second-order valence-corrected chi connectivity index (χ2v) is 4.65. The van der Waals surface area contributed by atoms with Crippen molar-refractivity contribution in [3.8, 4) is 5.75 Å². The Labute approximate surface area is 125 Å². The first kappa shape index (κ1) is 14.9. The van der Waals surface area contributed by atoms with Gasteiger partial charge < -0.3 is 9.64 Å². The van der Waals surface area contributed by atoms with Crippen LogP contribution in [0.4, 0.5) is 5.69 Å². The van der Waals surface area contributed by atoms with Crippen molar-refractivity contribution in [1.82, 2.24) is 0 Å². The molecule has 0 fully saturated rings. The second kappa shape index (κ2) is 7.29. The van der Waals surface area contributed by atoms with E-state index in [2.05, 4.69) is 6.58 Å². The van der Waals surface area contributed by atoms with Gasteiger partial charge in [0.2, 0.25) is 0 Å². The van der Waals surface area contributed by atoms with Crippen molar-refractivity contribution in [3.05, 3.63) is 73.3 Å². The van der Waals surface area contributed by atoms with Gasteiger partial charge in [0.25, 0.3) is 5.91 Å². The van der Waals surface area contributed by atoms with Crippen molar-refractivity contribution < 1.29 is 9.53 Å². The minimum absolute atomic E-state index is 0.0926. The number of ether oxygens (including phenoxy) is 1. The van der Waals surface area contributed by atoms with Crippen LogP contribution in [0.2, 0.25) is 0 Å². The smallest absolute Gasteiger partial charge is 0.268 e. The zero-order valence-corrected chi connectivity index (χ0v) is 12.1. The highest BCUT2D eigenvalue weighted by atomic mass is 16.5. The Morgan fingerprint density at radius 2 is 1.71 bits per heavy atom. The molecule has 3 nitrogen and oxygen atoms in total. The fraction of sp³-hybridized carbons (Fsp3) is 0.167. The van der Waals surface area contributed by atoms with Gasteiger partial charge in [0.15, 0.2) is 6.10 Å². The fourth-order valence-corrected chi connectivity index (χ4v) is 2.03. The first-order valence-electron chi connectivity index (χ1n) is 6.91. The van der Waals surface area contributed by atoms with Crippen molar-refractivity contribution >= 4 is 11.6 Å². The van der Waals surface area contributed by atoms with E-state index < -0.39 is 6.10 Å². The van der Waals surface area contributed by atoms with Gasteiger partial charge in [-0.3, -0.25) is 4.79 Å². The average Bonchev–Trinajstić information content (AvgIpc) is 2.53. The van der Waals surface area contributed by atoms with Crippen molar-refractivity contribution in [2.24, 2.45) is 0 Å². The van der Waals surface area contributed by atoms with Crippen LogP contribution in [0.3, 0.4) is 0 Å². The molecule has 0 saturated carbocycles. The number of nitrogens with zero attached hydrogens (tertiary/aromatic N) is 1. The highest BCUT2D eigenvalue weighted by molar-refractivity contribution is 5.96. The summed E-state index contributed by atoms with van der Waals surface area (Å²) in [5.41, 5.74) is 0.839. The molecule has 2 aromatic rings. The summed E-state index contributed by atoms with van der Waals surface area (Å²) in [6.45, 7) is 5.93. The molecule has 0 aliphatic carbocycles. The number of hydrogen-bond donors (Lipinski definition) is 0. The fourth-order valence-electron chi connectivity index (χ4n) is 2.03. The lowest BCUT2D eigenvalue weighted by molar-refractivity contribution is -0.124. The molecule has 2 rings (SSSR count). The Kier molecular flexibility index (Phi) is 5.16. The summed E-state index contributed by atoms with van der Waals surface area (Å²) in [4.78, 5) is 14.3. The van der Waals surface area contributed by atoms with E-state index in [4.69, 9.17) is 4.74 Å². The Balaban J connectivity index is 2.13. The second-order valence-electron chi connectivity index (χ2n) is 4.65. The van der Waals surface area contributed by atoms with Gasteiger partial charge in [0, 0.05) is 12.2 Å². The minimum Gasteiger partial charge on any atom is -0.481 e. The number of hydrogen-bond acceptors (Lipinski definition) is 2. The van der Waals surface area contributed by atoms with E-state index in [0.717, 1.165) is 5.69 Å². The lowest BCUT2D eigenvalue weighted by atomic mass is 10.2. The van der Waals surface area contributed by atoms with Crippen LogP contribution >= 0.6 is 0 Å². The molecule has 0 saturated heterocycles. The van der Waals surface area contributed by atoms with Gasteiger partial charge in [-0.1, -0.05) is 42.5 Å². The molecule has 0 N–H and O–H groups in total. The minimum atomic E-state index is -0.562. The van der Waals surface area contributed by atoms with E-state index in [-0.39, 0.29) is 5.91 Å². The molecule has 108 valence electrons. The number of carbonyl (C=O) groups excluding carboxylic acids is 1. The summed E-state index contributed by atoms with van der Waals surface area (Å²) in [6.07, 6.45) is 1.15. The van der Waals surface area contributed by atoms with Crippen LogP contribution in [0.5, 0.6) is 5.75 Å². The van der Waals surface area contributed by atoms with Crippen LogP contribution in [-0.2, 0) is 4.79 Å². The Bertz CT molecular complexity index is 581. The molecular weight excluding hydrogens is 262 g/mol. The lowest BCUT2D eigenvalue weighted by Gasteiger charge is -2.25. The number of para-hydroxylation sites is 2. The predicted octanol–water partition coefficient (Wildman–Crippen LogP) is 3.67. The maximum absolute atomic E-state index is 12.6. The van der Waals surface area contributed by atoms with E-state index >= 15 is 0 Å². The van der Waals surface area contributed by atoms with Crippen molar-refractivity contribution in [2.75, 3.05) is 11.4 Å². The van der Waals surface area contributed by atoms with E-state index in [1.807, 2.05) is 60.7 Å². The van der Waals surface area contributed by atoms with Gasteiger partial charge in [-0.2, -0.15) is 0 Å². The number of amides is 1. The number of carbonyl (C=O) groups is 1. The van der Waals surface area contributed by atoms with Gasteiger partial charge in [0.05, 0.1) is 0 Å². The third-order valence-electron chi connectivity index (χ3n) is 3.05. The third kappa shape index (κ3) is 3.96.